The Morgan fingerprint density at radius 2 is 2.09 bits per heavy atom. The third kappa shape index (κ3) is 4.54. The van der Waals surface area contributed by atoms with Gasteiger partial charge in [-0.05, 0) is 18.2 Å². The van der Waals surface area contributed by atoms with E-state index in [9.17, 15) is 4.39 Å². The van der Waals surface area contributed by atoms with Crippen molar-refractivity contribution in [3.8, 4) is 11.8 Å². The van der Waals surface area contributed by atoms with Crippen molar-refractivity contribution < 1.29 is 9.13 Å². The zero-order valence-corrected chi connectivity index (χ0v) is 12.1. The lowest BCUT2D eigenvalue weighted by Gasteiger charge is -2.08. The molecule has 0 aliphatic rings. The Bertz CT molecular complexity index is 782. The minimum atomic E-state index is -0.424. The molecular weight excluding hydrogens is 297 g/mol. The molecule has 6 nitrogen and oxygen atoms in total. The predicted octanol–water partition coefficient (Wildman–Crippen LogP) is 2.63. The van der Waals surface area contributed by atoms with Crippen molar-refractivity contribution >= 4 is 17.2 Å². The first-order valence-electron chi connectivity index (χ1n) is 6.64. The van der Waals surface area contributed by atoms with E-state index in [4.69, 9.17) is 21.1 Å². The highest BCUT2D eigenvalue weighted by Crippen LogP contribution is 2.19. The van der Waals surface area contributed by atoms with Gasteiger partial charge in [-0.25, -0.2) is 4.39 Å². The minimum absolute atomic E-state index is 0.0935. The van der Waals surface area contributed by atoms with E-state index in [0.29, 0.717) is 17.0 Å². The maximum Gasteiger partial charge on any atom is 0.201 e. The summed E-state index contributed by atoms with van der Waals surface area (Å²) in [5, 5.41) is 19.7. The molecular formula is C16H14FN5O. The first-order valence-corrected chi connectivity index (χ1v) is 6.64. The van der Waals surface area contributed by atoms with Crippen LogP contribution in [0.1, 0.15) is 5.56 Å². The van der Waals surface area contributed by atoms with Crippen molar-refractivity contribution in [3.63, 3.8) is 0 Å². The number of nitriles is 1. The van der Waals surface area contributed by atoms with Crippen LogP contribution in [-0.2, 0) is 6.61 Å². The molecule has 0 bridgehead atoms. The number of halogens is 1. The van der Waals surface area contributed by atoms with Crippen molar-refractivity contribution in [1.82, 2.24) is 0 Å². The fourth-order valence-electron chi connectivity index (χ4n) is 1.70. The molecule has 4 N–H and O–H groups in total. The topological polar surface area (TPSA) is 107 Å². The van der Waals surface area contributed by atoms with Crippen LogP contribution in [0.4, 0.5) is 10.1 Å². The molecule has 2 aromatic carbocycles. The molecule has 0 atom stereocenters. The molecule has 0 aromatic heterocycles. The summed E-state index contributed by atoms with van der Waals surface area (Å²) in [6.45, 7) is 0.0935. The highest BCUT2D eigenvalue weighted by molar-refractivity contribution is 6.45. The average Bonchev–Trinajstić information content (AvgIpc) is 2.55. The van der Waals surface area contributed by atoms with Crippen LogP contribution in [0, 0.1) is 22.6 Å². The number of hydrazone groups is 1. The molecule has 0 spiro atoms. The number of hydrogen-bond acceptors (Lipinski definition) is 5. The molecule has 0 unspecified atom stereocenters. The molecule has 2 rings (SSSR count). The monoisotopic (exact) mass is 311 g/mol. The lowest BCUT2D eigenvalue weighted by atomic mass is 10.2. The normalized spacial score (nSPS) is 10.7. The van der Waals surface area contributed by atoms with Gasteiger partial charge < -0.3 is 10.5 Å². The number of nitrogens with two attached hydrogens (primary N) is 1. The predicted molar refractivity (Wildman–Crippen MR) is 85.8 cm³/mol. The number of nitrogens with zero attached hydrogens (tertiary/aromatic N) is 2. The largest absolute Gasteiger partial charge is 0.489 e. The van der Waals surface area contributed by atoms with Gasteiger partial charge in [0, 0.05) is 11.6 Å². The molecule has 0 saturated carbocycles. The second kappa shape index (κ2) is 7.56. The summed E-state index contributed by atoms with van der Waals surface area (Å²) in [4.78, 5) is 0. The lowest BCUT2D eigenvalue weighted by Crippen LogP contribution is -2.21. The molecule has 0 fully saturated rings. The molecule has 0 aliphatic heterocycles. The van der Waals surface area contributed by atoms with E-state index in [0.717, 1.165) is 0 Å². The molecule has 116 valence electrons. The van der Waals surface area contributed by atoms with Crippen LogP contribution in [-0.4, -0.2) is 11.5 Å². The number of hydrogen-bond donors (Lipinski definition) is 3. The number of rotatable bonds is 6. The molecule has 2 aromatic rings. The summed E-state index contributed by atoms with van der Waals surface area (Å²) in [5.74, 6) is -0.242. The lowest BCUT2D eigenvalue weighted by molar-refractivity contribution is 0.300. The van der Waals surface area contributed by atoms with Crippen molar-refractivity contribution in [1.29, 1.82) is 10.7 Å². The van der Waals surface area contributed by atoms with Gasteiger partial charge in [-0.15, -0.1) is 0 Å². The highest BCUT2D eigenvalue weighted by Gasteiger charge is 2.03. The SMILES string of the molecule is N#C/C(=N\Nc1cccc(OCc2ccccc2F)c1)C(=N)N. The van der Waals surface area contributed by atoms with Gasteiger partial charge in [0.25, 0.3) is 0 Å². The van der Waals surface area contributed by atoms with Crippen molar-refractivity contribution in [2.75, 3.05) is 5.43 Å². The number of nitrogens with one attached hydrogen (secondary N) is 2. The van der Waals surface area contributed by atoms with Gasteiger partial charge in [-0.1, -0.05) is 24.3 Å². The maximum absolute atomic E-state index is 13.5. The van der Waals surface area contributed by atoms with Crippen LogP contribution in [0.5, 0.6) is 5.75 Å². The smallest absolute Gasteiger partial charge is 0.201 e. The Morgan fingerprint density at radius 1 is 1.30 bits per heavy atom. The van der Waals surface area contributed by atoms with Crippen LogP contribution < -0.4 is 15.9 Å². The van der Waals surface area contributed by atoms with E-state index in [1.807, 2.05) is 0 Å². The van der Waals surface area contributed by atoms with E-state index in [1.165, 1.54) is 6.07 Å². The summed E-state index contributed by atoms with van der Waals surface area (Å²) in [6, 6.07) is 14.8. The zero-order valence-electron chi connectivity index (χ0n) is 12.1. The first-order chi connectivity index (χ1) is 11.1. The van der Waals surface area contributed by atoms with Gasteiger partial charge in [0.1, 0.15) is 24.2 Å². The fraction of sp³-hybridized carbons (Fsp3) is 0.0625. The first kappa shape index (κ1) is 16.0. The molecule has 0 radical (unpaired) electrons. The minimum Gasteiger partial charge on any atom is -0.489 e. The Labute approximate surface area is 132 Å². The van der Waals surface area contributed by atoms with E-state index in [-0.39, 0.29) is 18.1 Å². The zero-order chi connectivity index (χ0) is 16.7. The van der Waals surface area contributed by atoms with Crippen molar-refractivity contribution in [2.24, 2.45) is 10.8 Å². The van der Waals surface area contributed by atoms with Gasteiger partial charge in [0.05, 0.1) is 5.69 Å². The molecule has 7 heteroatoms. The van der Waals surface area contributed by atoms with Crippen LogP contribution in [0.25, 0.3) is 0 Å². The average molecular weight is 311 g/mol. The summed E-state index contributed by atoms with van der Waals surface area (Å²) in [5.41, 5.74) is 8.59. The quantitative estimate of drug-likeness (QED) is 0.433. The molecule has 0 heterocycles. The summed E-state index contributed by atoms with van der Waals surface area (Å²) < 4.78 is 19.1. The van der Waals surface area contributed by atoms with Gasteiger partial charge in [-0.3, -0.25) is 10.8 Å². The van der Waals surface area contributed by atoms with Gasteiger partial charge in [-0.2, -0.15) is 10.4 Å². The maximum atomic E-state index is 13.5. The number of benzene rings is 2. The second-order valence-corrected chi connectivity index (χ2v) is 4.51. The van der Waals surface area contributed by atoms with E-state index >= 15 is 0 Å². The van der Waals surface area contributed by atoms with E-state index in [1.54, 1.807) is 48.5 Å². The van der Waals surface area contributed by atoms with Crippen LogP contribution in [0.2, 0.25) is 0 Å². The van der Waals surface area contributed by atoms with Gasteiger partial charge in [0.15, 0.2) is 5.84 Å². The van der Waals surface area contributed by atoms with E-state index < -0.39 is 5.84 Å². The Balaban J connectivity index is 2.04. The number of ether oxygens (including phenoxy) is 1. The molecule has 0 aliphatic carbocycles. The van der Waals surface area contributed by atoms with Crippen LogP contribution in [0.3, 0.4) is 0 Å². The standard InChI is InChI=1S/C16H14FN5O/c17-14-7-2-1-4-11(14)10-23-13-6-3-5-12(8-13)21-22-15(9-18)16(19)20/h1-8,21H,10H2,(H3,19,20)/b22-15+. The van der Waals surface area contributed by atoms with Crippen LogP contribution >= 0.6 is 0 Å². The summed E-state index contributed by atoms with van der Waals surface area (Å²) in [7, 11) is 0. The van der Waals surface area contributed by atoms with Gasteiger partial charge >= 0.3 is 0 Å². The third-order valence-electron chi connectivity index (χ3n) is 2.84. The molecule has 23 heavy (non-hydrogen) atoms. The van der Waals surface area contributed by atoms with E-state index in [2.05, 4.69) is 10.5 Å². The summed E-state index contributed by atoms with van der Waals surface area (Å²) >= 11 is 0. The second-order valence-electron chi connectivity index (χ2n) is 4.51. The number of amidine groups is 1. The van der Waals surface area contributed by atoms with Crippen molar-refractivity contribution in [2.45, 2.75) is 6.61 Å². The molecule has 0 saturated heterocycles. The van der Waals surface area contributed by atoms with Gasteiger partial charge in [0.2, 0.25) is 5.71 Å². The van der Waals surface area contributed by atoms with Crippen molar-refractivity contribution in [3.05, 3.63) is 59.9 Å². The Kier molecular flexibility index (Phi) is 5.25. The number of anilines is 1. The Hall–Kier alpha value is -3.40. The fourth-order valence-corrected chi connectivity index (χ4v) is 1.70. The Morgan fingerprint density at radius 3 is 2.78 bits per heavy atom. The third-order valence-corrected chi connectivity index (χ3v) is 2.84. The summed E-state index contributed by atoms with van der Waals surface area (Å²) in [6.07, 6.45) is 0. The van der Waals surface area contributed by atoms with Crippen LogP contribution in [0.15, 0.2) is 53.6 Å². The molecule has 0 amide bonds. The highest BCUT2D eigenvalue weighted by atomic mass is 19.1.